The van der Waals surface area contributed by atoms with E-state index in [1.807, 2.05) is 6.08 Å². The lowest BCUT2D eigenvalue weighted by atomic mass is 9.87. The zero-order valence-corrected chi connectivity index (χ0v) is 15.4. The first-order valence-corrected chi connectivity index (χ1v) is 10.0. The minimum Gasteiger partial charge on any atom is -0.481 e. The van der Waals surface area contributed by atoms with E-state index in [1.165, 1.54) is 12.8 Å². The summed E-state index contributed by atoms with van der Waals surface area (Å²) in [6, 6.07) is 0. The molecule has 1 saturated carbocycles. The van der Waals surface area contributed by atoms with Crippen molar-refractivity contribution in [1.82, 2.24) is 0 Å². The predicted molar refractivity (Wildman–Crippen MR) is 96.0 cm³/mol. The summed E-state index contributed by atoms with van der Waals surface area (Å²) in [6.07, 6.45) is 14.5. The highest BCUT2D eigenvalue weighted by Gasteiger charge is 2.49. The van der Waals surface area contributed by atoms with Crippen LogP contribution in [-0.2, 0) is 14.6 Å². The van der Waals surface area contributed by atoms with Crippen LogP contribution in [-0.4, -0.2) is 34.5 Å². The van der Waals surface area contributed by atoms with Gasteiger partial charge >= 0.3 is 5.97 Å². The van der Waals surface area contributed by atoms with Gasteiger partial charge in [0.2, 0.25) is 0 Å². The van der Waals surface area contributed by atoms with Crippen LogP contribution in [0.25, 0.3) is 0 Å². The van der Waals surface area contributed by atoms with Crippen molar-refractivity contribution < 1.29 is 24.8 Å². The highest BCUT2D eigenvalue weighted by Crippen LogP contribution is 2.45. The van der Waals surface area contributed by atoms with Crippen LogP contribution in [0, 0.1) is 11.8 Å². The summed E-state index contributed by atoms with van der Waals surface area (Å²) in [6.45, 7) is 2.17. The molecule has 25 heavy (non-hydrogen) atoms. The number of rotatable bonds is 13. The fraction of sp³-hybridized carbons (Fsp3) is 0.850. The first-order chi connectivity index (χ1) is 12.1. The lowest BCUT2D eigenvalue weighted by Crippen LogP contribution is -2.29. The quantitative estimate of drug-likeness (QED) is 0.294. The van der Waals surface area contributed by atoms with Crippen LogP contribution >= 0.6 is 0 Å². The summed E-state index contributed by atoms with van der Waals surface area (Å²) < 4.78 is 0. The molecule has 5 heteroatoms. The van der Waals surface area contributed by atoms with Crippen molar-refractivity contribution in [1.29, 1.82) is 0 Å². The summed E-state index contributed by atoms with van der Waals surface area (Å²) in [5, 5.41) is 18.8. The molecule has 2 aliphatic rings. The van der Waals surface area contributed by atoms with E-state index in [9.17, 15) is 9.90 Å². The van der Waals surface area contributed by atoms with E-state index in [1.54, 1.807) is 0 Å². The maximum absolute atomic E-state index is 10.5. The van der Waals surface area contributed by atoms with Crippen LogP contribution in [0.2, 0.25) is 0 Å². The molecule has 1 saturated heterocycles. The fourth-order valence-corrected chi connectivity index (χ4v) is 4.05. The molecule has 0 amide bonds. The largest absolute Gasteiger partial charge is 0.481 e. The number of carboxylic acids is 1. The van der Waals surface area contributed by atoms with Crippen LogP contribution in [0.1, 0.15) is 77.6 Å². The molecular formula is C20H34O5. The molecule has 0 spiro atoms. The summed E-state index contributed by atoms with van der Waals surface area (Å²) in [5.74, 6) is 0.0808. The predicted octanol–water partition coefficient (Wildman–Crippen LogP) is 4.24. The van der Waals surface area contributed by atoms with Gasteiger partial charge in [-0.1, -0.05) is 57.6 Å². The Balaban J connectivity index is 1.71. The molecule has 2 rings (SSSR count). The van der Waals surface area contributed by atoms with Gasteiger partial charge in [-0.15, -0.1) is 0 Å². The average molecular weight is 354 g/mol. The molecule has 1 heterocycles. The highest BCUT2D eigenvalue weighted by atomic mass is 17.2. The van der Waals surface area contributed by atoms with E-state index < -0.39 is 5.97 Å². The number of carbonyl (C=O) groups is 1. The third-order valence-corrected chi connectivity index (χ3v) is 5.51. The van der Waals surface area contributed by atoms with Crippen molar-refractivity contribution in [2.45, 2.75) is 95.9 Å². The lowest BCUT2D eigenvalue weighted by Gasteiger charge is -2.28. The minimum absolute atomic E-state index is 0.126. The second-order valence-electron chi connectivity index (χ2n) is 7.54. The molecule has 0 unspecified atom stereocenters. The highest BCUT2D eigenvalue weighted by molar-refractivity contribution is 5.66. The Hall–Kier alpha value is -0.910. The Morgan fingerprint density at radius 2 is 1.88 bits per heavy atom. The zero-order chi connectivity index (χ0) is 18.1. The number of fused-ring (bicyclic) bond motifs is 2. The SMILES string of the molecule is CCCCC[C@H](O)/C=C/[C@@H]1[C@@H](CCCCCCC(=O)O)[C@H]2C[C@H]1OO2. The van der Waals surface area contributed by atoms with Gasteiger partial charge in [0.25, 0.3) is 0 Å². The average Bonchev–Trinajstić information content (AvgIpc) is 3.17. The Morgan fingerprint density at radius 3 is 2.64 bits per heavy atom. The van der Waals surface area contributed by atoms with E-state index in [0.717, 1.165) is 51.4 Å². The van der Waals surface area contributed by atoms with E-state index in [4.69, 9.17) is 14.9 Å². The molecule has 0 aromatic heterocycles. The van der Waals surface area contributed by atoms with Gasteiger partial charge in [-0.2, -0.15) is 0 Å². The fourth-order valence-electron chi connectivity index (χ4n) is 4.05. The second kappa shape index (κ2) is 10.9. The van der Waals surface area contributed by atoms with Crippen LogP contribution < -0.4 is 0 Å². The number of carboxylic acid groups (broad SMARTS) is 1. The van der Waals surface area contributed by atoms with Crippen molar-refractivity contribution in [3.8, 4) is 0 Å². The Kier molecular flexibility index (Phi) is 8.93. The van der Waals surface area contributed by atoms with Crippen LogP contribution in [0.3, 0.4) is 0 Å². The first kappa shape index (κ1) is 20.4. The molecule has 5 nitrogen and oxygen atoms in total. The third kappa shape index (κ3) is 6.72. The number of hydrogen-bond acceptors (Lipinski definition) is 4. The molecule has 2 fully saturated rings. The van der Waals surface area contributed by atoms with E-state index >= 15 is 0 Å². The third-order valence-electron chi connectivity index (χ3n) is 5.51. The lowest BCUT2D eigenvalue weighted by molar-refractivity contribution is -0.337. The molecule has 1 aliphatic carbocycles. The van der Waals surface area contributed by atoms with Gasteiger partial charge in [-0.05, 0) is 25.2 Å². The van der Waals surface area contributed by atoms with Crippen molar-refractivity contribution in [3.05, 3.63) is 12.2 Å². The summed E-state index contributed by atoms with van der Waals surface area (Å²) in [4.78, 5) is 21.3. The molecule has 144 valence electrons. The van der Waals surface area contributed by atoms with Crippen molar-refractivity contribution in [2.75, 3.05) is 0 Å². The molecule has 0 aromatic rings. The van der Waals surface area contributed by atoms with Gasteiger partial charge in [-0.3, -0.25) is 4.79 Å². The van der Waals surface area contributed by atoms with E-state index in [-0.39, 0.29) is 24.7 Å². The van der Waals surface area contributed by atoms with Crippen LogP contribution in [0.5, 0.6) is 0 Å². The maximum Gasteiger partial charge on any atom is 0.303 e. The van der Waals surface area contributed by atoms with Gasteiger partial charge in [0, 0.05) is 18.8 Å². The Morgan fingerprint density at radius 1 is 1.12 bits per heavy atom. The number of aliphatic hydroxyl groups is 1. The standard InChI is InChI=1S/C20H34O5/c1-2-3-6-9-15(21)12-13-17-16(18-14-19(17)25-24-18)10-7-4-5-8-11-20(22)23/h12-13,15-19,21H,2-11,14H2,1H3,(H,22,23)/b13-12+/t15-,16+,17+,18+,19+/m0/s1. The van der Waals surface area contributed by atoms with Crippen LogP contribution in [0.4, 0.5) is 0 Å². The summed E-state index contributed by atoms with van der Waals surface area (Å²) in [5.41, 5.74) is 0. The zero-order valence-electron chi connectivity index (χ0n) is 15.4. The summed E-state index contributed by atoms with van der Waals surface area (Å²) >= 11 is 0. The molecule has 0 aromatic carbocycles. The number of aliphatic hydroxyl groups excluding tert-OH is 1. The molecule has 0 radical (unpaired) electrons. The molecule has 5 atom stereocenters. The maximum atomic E-state index is 10.5. The van der Waals surface area contributed by atoms with Gasteiger partial charge < -0.3 is 10.2 Å². The normalized spacial score (nSPS) is 29.5. The van der Waals surface area contributed by atoms with Gasteiger partial charge in [-0.25, -0.2) is 9.78 Å². The van der Waals surface area contributed by atoms with E-state index in [0.29, 0.717) is 11.8 Å². The van der Waals surface area contributed by atoms with Crippen LogP contribution in [0.15, 0.2) is 12.2 Å². The smallest absolute Gasteiger partial charge is 0.303 e. The Bertz CT molecular complexity index is 422. The monoisotopic (exact) mass is 354 g/mol. The molecular weight excluding hydrogens is 320 g/mol. The molecule has 1 aliphatic heterocycles. The van der Waals surface area contributed by atoms with Gasteiger partial charge in [0.1, 0.15) is 6.10 Å². The van der Waals surface area contributed by atoms with Gasteiger partial charge in [0.05, 0.1) is 12.2 Å². The van der Waals surface area contributed by atoms with Crippen molar-refractivity contribution in [3.63, 3.8) is 0 Å². The second-order valence-corrected chi connectivity index (χ2v) is 7.54. The number of aliphatic carboxylic acids is 1. The first-order valence-electron chi connectivity index (χ1n) is 10.0. The van der Waals surface area contributed by atoms with Crippen molar-refractivity contribution >= 4 is 5.97 Å². The topological polar surface area (TPSA) is 76.0 Å². The van der Waals surface area contributed by atoms with E-state index in [2.05, 4.69) is 13.0 Å². The van der Waals surface area contributed by atoms with Crippen molar-refractivity contribution in [2.24, 2.45) is 11.8 Å². The number of unbranched alkanes of at least 4 members (excludes halogenated alkanes) is 5. The Labute approximate surface area is 151 Å². The van der Waals surface area contributed by atoms with Gasteiger partial charge in [0.15, 0.2) is 0 Å². The number of hydrogen-bond donors (Lipinski definition) is 2. The minimum atomic E-state index is -0.707. The molecule has 2 bridgehead atoms. The summed E-state index contributed by atoms with van der Waals surface area (Å²) in [7, 11) is 0. The molecule has 2 N–H and O–H groups in total.